The zero-order valence-corrected chi connectivity index (χ0v) is 13.8. The van der Waals surface area contributed by atoms with E-state index < -0.39 is 15.9 Å². The summed E-state index contributed by atoms with van der Waals surface area (Å²) < 4.78 is 27.2. The van der Waals surface area contributed by atoms with Crippen molar-refractivity contribution in [2.45, 2.75) is 24.0 Å². The molecule has 0 amide bonds. The fraction of sp³-hybridized carbons (Fsp3) is 0.267. The second kappa shape index (κ2) is 7.42. The summed E-state index contributed by atoms with van der Waals surface area (Å²) in [5.41, 5.74) is 0.514. The normalized spacial score (nSPS) is 12.3. The molecule has 118 valence electrons. The monoisotopic (exact) mass is 337 g/mol. The van der Waals surface area contributed by atoms with E-state index in [1.807, 2.05) is 6.92 Å². The van der Waals surface area contributed by atoms with Crippen molar-refractivity contribution in [3.8, 4) is 0 Å². The van der Waals surface area contributed by atoms with Gasteiger partial charge in [0.25, 0.3) is 10.0 Å². The van der Waals surface area contributed by atoms with Gasteiger partial charge in [-0.25, -0.2) is 8.42 Å². The van der Waals surface area contributed by atoms with Gasteiger partial charge in [0.1, 0.15) is 4.21 Å². The lowest BCUT2D eigenvalue weighted by Crippen LogP contribution is -2.22. The van der Waals surface area contributed by atoms with Gasteiger partial charge in [0.15, 0.2) is 0 Å². The van der Waals surface area contributed by atoms with E-state index in [0.717, 1.165) is 24.2 Å². The molecule has 7 heteroatoms. The molecule has 0 atom stereocenters. The number of unbranched alkanes of at least 4 members (excludes halogenated alkanes) is 1. The highest BCUT2D eigenvalue weighted by atomic mass is 32.2. The maximum atomic E-state index is 12.3. The van der Waals surface area contributed by atoms with E-state index in [1.54, 1.807) is 35.7 Å². The van der Waals surface area contributed by atoms with Crippen LogP contribution in [0.25, 0.3) is 0 Å². The van der Waals surface area contributed by atoms with Gasteiger partial charge in [0.2, 0.25) is 0 Å². The minimum atomic E-state index is -3.68. The molecule has 1 aromatic heterocycles. The lowest BCUT2D eigenvalue weighted by Gasteiger charge is -2.16. The molecule has 22 heavy (non-hydrogen) atoms. The first kappa shape index (κ1) is 16.5. The molecule has 0 aliphatic heterocycles. The van der Waals surface area contributed by atoms with Crippen LogP contribution in [-0.4, -0.2) is 20.9 Å². The predicted molar refractivity (Wildman–Crippen MR) is 87.9 cm³/mol. The first-order valence-corrected chi connectivity index (χ1v) is 9.28. The minimum absolute atomic E-state index is 0.206. The quantitative estimate of drug-likeness (QED) is 0.479. The third-order valence-electron chi connectivity index (χ3n) is 2.93. The van der Waals surface area contributed by atoms with Crippen molar-refractivity contribution in [1.29, 1.82) is 0 Å². The smallest absolute Gasteiger partial charge is 0.271 e. The van der Waals surface area contributed by atoms with Gasteiger partial charge in [-0.05, 0) is 29.8 Å². The molecule has 0 fully saturated rings. The number of nitrogens with zero attached hydrogens (tertiary/aromatic N) is 1. The molecular weight excluding hydrogens is 320 g/mol. The van der Waals surface area contributed by atoms with Crippen LogP contribution in [0.15, 0.2) is 51.0 Å². The Bertz CT molecular complexity index is 738. The number of hydrogen-bond donors (Lipinski definition) is 1. The van der Waals surface area contributed by atoms with E-state index in [4.69, 9.17) is 0 Å². The van der Waals surface area contributed by atoms with Crippen molar-refractivity contribution >= 4 is 32.9 Å². The second-order valence-corrected chi connectivity index (χ2v) is 7.48. The molecule has 2 aromatic rings. The molecule has 0 radical (unpaired) electrons. The van der Waals surface area contributed by atoms with E-state index in [1.165, 1.54) is 6.07 Å². The van der Waals surface area contributed by atoms with Crippen molar-refractivity contribution < 1.29 is 13.5 Å². The van der Waals surface area contributed by atoms with Crippen molar-refractivity contribution in [3.05, 3.63) is 47.3 Å². The summed E-state index contributed by atoms with van der Waals surface area (Å²) >= 11 is 1.12. The SMILES string of the molecule is CCCCN=C([O-])c1ccccc1NS(=O)(=O)c1cccs1. The average molecular weight is 337 g/mol. The Labute approximate surface area is 134 Å². The van der Waals surface area contributed by atoms with Crippen molar-refractivity contribution in [2.24, 2.45) is 4.99 Å². The summed E-state index contributed by atoms with van der Waals surface area (Å²) in [6.45, 7) is 2.46. The predicted octanol–water partition coefficient (Wildman–Crippen LogP) is 2.46. The number of anilines is 1. The fourth-order valence-electron chi connectivity index (χ4n) is 1.79. The average Bonchev–Trinajstić information content (AvgIpc) is 3.02. The number of aliphatic imine (C=N–C) groups is 1. The lowest BCUT2D eigenvalue weighted by atomic mass is 10.2. The first-order chi connectivity index (χ1) is 10.5. The summed E-state index contributed by atoms with van der Waals surface area (Å²) in [4.78, 5) is 3.97. The van der Waals surface area contributed by atoms with Crippen LogP contribution >= 0.6 is 11.3 Å². The van der Waals surface area contributed by atoms with Crippen LogP contribution in [0.4, 0.5) is 5.69 Å². The third-order valence-corrected chi connectivity index (χ3v) is 5.69. The Morgan fingerprint density at radius 1 is 1.27 bits per heavy atom. The maximum Gasteiger partial charge on any atom is 0.271 e. The van der Waals surface area contributed by atoms with Crippen LogP contribution in [0, 0.1) is 0 Å². The van der Waals surface area contributed by atoms with Crippen LogP contribution in [0.3, 0.4) is 0 Å². The highest BCUT2D eigenvalue weighted by Crippen LogP contribution is 2.22. The number of rotatable bonds is 7. The molecule has 0 spiro atoms. The molecule has 2 rings (SSSR count). The molecule has 1 heterocycles. The largest absolute Gasteiger partial charge is 0.858 e. The molecule has 1 aromatic carbocycles. The van der Waals surface area contributed by atoms with Crippen molar-refractivity contribution in [1.82, 2.24) is 0 Å². The number of hydrogen-bond acceptors (Lipinski definition) is 5. The number of para-hydroxylation sites is 1. The summed E-state index contributed by atoms with van der Waals surface area (Å²) in [6.07, 6.45) is 1.78. The highest BCUT2D eigenvalue weighted by molar-refractivity contribution is 7.94. The van der Waals surface area contributed by atoms with Gasteiger partial charge in [0, 0.05) is 12.1 Å². The van der Waals surface area contributed by atoms with Crippen molar-refractivity contribution in [3.63, 3.8) is 0 Å². The Hall–Kier alpha value is -1.86. The van der Waals surface area contributed by atoms with Gasteiger partial charge in [-0.3, -0.25) is 4.72 Å². The van der Waals surface area contributed by atoms with Gasteiger partial charge in [-0.2, -0.15) is 0 Å². The number of thiophene rings is 1. The van der Waals surface area contributed by atoms with Gasteiger partial charge < -0.3 is 10.1 Å². The summed E-state index contributed by atoms with van der Waals surface area (Å²) in [5.74, 6) is -0.405. The van der Waals surface area contributed by atoms with Gasteiger partial charge in [-0.15, -0.1) is 11.3 Å². The number of benzene rings is 1. The Kier molecular flexibility index (Phi) is 5.57. The molecule has 0 unspecified atom stereocenters. The van der Waals surface area contributed by atoms with E-state index in [2.05, 4.69) is 9.71 Å². The topological polar surface area (TPSA) is 81.6 Å². The minimum Gasteiger partial charge on any atom is -0.858 e. The first-order valence-electron chi connectivity index (χ1n) is 6.92. The summed E-state index contributed by atoms with van der Waals surface area (Å²) in [6, 6.07) is 9.68. The molecule has 1 N–H and O–H groups in total. The van der Waals surface area contributed by atoms with Gasteiger partial charge in [0.05, 0.1) is 5.69 Å². The highest BCUT2D eigenvalue weighted by Gasteiger charge is 2.16. The van der Waals surface area contributed by atoms with E-state index in [-0.39, 0.29) is 15.5 Å². The number of nitrogens with one attached hydrogen (secondary N) is 1. The van der Waals surface area contributed by atoms with Crippen LogP contribution in [-0.2, 0) is 10.0 Å². The zero-order valence-electron chi connectivity index (χ0n) is 12.2. The number of sulfonamides is 1. The summed E-state index contributed by atoms with van der Waals surface area (Å²) in [7, 11) is -3.68. The molecule has 0 saturated heterocycles. The molecule has 0 saturated carbocycles. The van der Waals surface area contributed by atoms with Crippen molar-refractivity contribution in [2.75, 3.05) is 11.3 Å². The third kappa shape index (κ3) is 4.08. The molecule has 0 aliphatic rings. The Balaban J connectivity index is 2.27. The van der Waals surface area contributed by atoms with Crippen LogP contribution in [0.5, 0.6) is 0 Å². The summed E-state index contributed by atoms with van der Waals surface area (Å²) in [5, 5.41) is 13.8. The molecule has 5 nitrogen and oxygen atoms in total. The fourth-order valence-corrected chi connectivity index (χ4v) is 3.87. The van der Waals surface area contributed by atoms with Crippen LogP contribution < -0.4 is 9.83 Å². The van der Waals surface area contributed by atoms with E-state index >= 15 is 0 Å². The van der Waals surface area contributed by atoms with Gasteiger partial charge in [-0.1, -0.05) is 37.6 Å². The van der Waals surface area contributed by atoms with Crippen LogP contribution in [0.2, 0.25) is 0 Å². The maximum absolute atomic E-state index is 12.3. The van der Waals surface area contributed by atoms with E-state index in [9.17, 15) is 13.5 Å². The zero-order chi connectivity index (χ0) is 16.0. The lowest BCUT2D eigenvalue weighted by molar-refractivity contribution is -0.213. The van der Waals surface area contributed by atoms with Crippen LogP contribution in [0.1, 0.15) is 25.3 Å². The molecule has 0 bridgehead atoms. The Morgan fingerprint density at radius 3 is 2.73 bits per heavy atom. The standard InChI is InChI=1S/C15H18N2O3S2/c1-2-3-10-16-15(18)12-7-4-5-8-13(12)17-22(19,20)14-9-6-11-21-14/h4-9,11,17H,2-3,10H2,1H3,(H,16,18)/p-1. The molecule has 0 aliphatic carbocycles. The second-order valence-electron chi connectivity index (χ2n) is 4.62. The van der Waals surface area contributed by atoms with E-state index in [0.29, 0.717) is 6.54 Å². The molecular formula is C15H17N2O3S2-. The van der Waals surface area contributed by atoms with Gasteiger partial charge >= 0.3 is 0 Å². The Morgan fingerprint density at radius 2 is 2.05 bits per heavy atom.